The highest BCUT2D eigenvalue weighted by atomic mass is 31.2. The fraction of sp³-hybridized carbons (Fsp3) is 0.933. The molecule has 0 unspecified atom stereocenters. The van der Waals surface area contributed by atoms with Crippen LogP contribution in [0.3, 0.4) is 0 Å². The van der Waals surface area contributed by atoms with Gasteiger partial charge in [0.1, 0.15) is 0 Å². The zero-order chi connectivity index (χ0) is 14.0. The van der Waals surface area contributed by atoms with E-state index in [0.29, 0.717) is 0 Å². The molecule has 3 heteroatoms. The minimum atomic E-state index is -0.995. The van der Waals surface area contributed by atoms with Crippen molar-refractivity contribution in [3.8, 4) is 0 Å². The van der Waals surface area contributed by atoms with Crippen molar-refractivity contribution in [2.75, 3.05) is 18.5 Å². The van der Waals surface area contributed by atoms with Crippen molar-refractivity contribution in [2.45, 2.75) is 71.9 Å². The maximum absolute atomic E-state index is 9.26. The van der Waals surface area contributed by atoms with Gasteiger partial charge in [0.2, 0.25) is 0 Å². The Hall–Kier alpha value is -0.100. The Balaban J connectivity index is 0.000000494. The van der Waals surface area contributed by atoms with Crippen molar-refractivity contribution in [1.82, 2.24) is 0 Å². The van der Waals surface area contributed by atoms with E-state index < -0.39 is 13.2 Å². The second-order valence-electron chi connectivity index (χ2n) is 5.18. The van der Waals surface area contributed by atoms with Crippen molar-refractivity contribution in [1.29, 1.82) is 0 Å². The maximum atomic E-state index is 9.26. The average Bonchev–Trinajstić information content (AvgIpc) is 2.43. The summed E-state index contributed by atoms with van der Waals surface area (Å²) in [5, 5.41) is 9.26. The van der Waals surface area contributed by atoms with Gasteiger partial charge in [-0.05, 0) is 52.9 Å². The van der Waals surface area contributed by atoms with E-state index >= 15 is 0 Å². The molecule has 18 heavy (non-hydrogen) atoms. The smallest absolute Gasteiger partial charge is 0.0697 e. The van der Waals surface area contributed by atoms with Gasteiger partial charge in [-0.25, -0.2) is 0 Å². The van der Waals surface area contributed by atoms with E-state index in [-0.39, 0.29) is 6.42 Å². The SMILES string of the molecule is CCC(=O)[O-].CC[P+](CC)(CC)C1CCCCC1. The first kappa shape index (κ1) is 17.9. The average molecular weight is 274 g/mol. The van der Waals surface area contributed by atoms with Gasteiger partial charge in [-0.15, -0.1) is 0 Å². The van der Waals surface area contributed by atoms with Gasteiger partial charge >= 0.3 is 0 Å². The highest BCUT2D eigenvalue weighted by molar-refractivity contribution is 7.76. The lowest BCUT2D eigenvalue weighted by Gasteiger charge is -2.35. The summed E-state index contributed by atoms with van der Waals surface area (Å²) in [5.74, 6) is -0.995. The molecule has 0 aromatic carbocycles. The van der Waals surface area contributed by atoms with Crippen molar-refractivity contribution in [3.63, 3.8) is 0 Å². The van der Waals surface area contributed by atoms with Crippen molar-refractivity contribution in [2.24, 2.45) is 0 Å². The molecule has 0 atom stereocenters. The van der Waals surface area contributed by atoms with Gasteiger partial charge in [0.05, 0.1) is 24.1 Å². The molecule has 2 nitrogen and oxygen atoms in total. The van der Waals surface area contributed by atoms with Gasteiger partial charge in [-0.1, -0.05) is 13.3 Å². The largest absolute Gasteiger partial charge is 0.550 e. The molecule has 1 aliphatic rings. The number of hydrogen-bond donors (Lipinski definition) is 0. The quantitative estimate of drug-likeness (QED) is 0.719. The number of carboxylic acid groups (broad SMARTS) is 1. The minimum Gasteiger partial charge on any atom is -0.550 e. The summed E-state index contributed by atoms with van der Waals surface area (Å²) in [5.41, 5.74) is 1.15. The third-order valence-corrected chi connectivity index (χ3v) is 10.4. The van der Waals surface area contributed by atoms with Crippen LogP contribution in [0, 0.1) is 0 Å². The van der Waals surface area contributed by atoms with Gasteiger partial charge in [-0.3, -0.25) is 0 Å². The van der Waals surface area contributed by atoms with Gasteiger partial charge in [0.25, 0.3) is 0 Å². The fourth-order valence-corrected chi connectivity index (χ4v) is 7.43. The first-order valence-corrected chi connectivity index (χ1v) is 10.0. The summed E-state index contributed by atoms with van der Waals surface area (Å²) >= 11 is 0. The normalized spacial score (nSPS) is 16.9. The molecule has 1 fully saturated rings. The molecular formula is C15H31O2P. The molecule has 0 aliphatic heterocycles. The molecule has 0 aromatic heterocycles. The monoisotopic (exact) mass is 274 g/mol. The zero-order valence-corrected chi connectivity index (χ0v) is 13.6. The number of rotatable bonds is 5. The van der Waals surface area contributed by atoms with Crippen LogP contribution in [0.25, 0.3) is 0 Å². The number of aliphatic carboxylic acids is 1. The standard InChI is InChI=1S/C12H26P.C3H6O2/c1-4-13(5-2,6-3)12-10-8-7-9-11-12;1-2-3(4)5/h12H,4-11H2,1-3H3;2H2,1H3,(H,4,5)/q+1;/p-1. The van der Waals surface area contributed by atoms with Crippen LogP contribution >= 0.6 is 7.26 Å². The minimum absolute atomic E-state index is 0.111. The lowest BCUT2D eigenvalue weighted by atomic mass is 10.0. The van der Waals surface area contributed by atoms with Gasteiger partial charge in [0.15, 0.2) is 0 Å². The molecule has 1 saturated carbocycles. The molecule has 0 radical (unpaired) electrons. The van der Waals surface area contributed by atoms with Crippen molar-refractivity contribution < 1.29 is 9.90 Å². The van der Waals surface area contributed by atoms with Gasteiger partial charge < -0.3 is 9.90 Å². The van der Waals surface area contributed by atoms with Crippen LogP contribution in [0.15, 0.2) is 0 Å². The molecule has 0 aromatic rings. The van der Waals surface area contributed by atoms with E-state index in [1.807, 2.05) is 0 Å². The second kappa shape index (κ2) is 9.78. The van der Waals surface area contributed by atoms with Crippen LogP contribution in [0.4, 0.5) is 0 Å². The summed E-state index contributed by atoms with van der Waals surface area (Å²) in [4.78, 5) is 9.26. The zero-order valence-electron chi connectivity index (χ0n) is 12.7. The van der Waals surface area contributed by atoms with Crippen LogP contribution < -0.4 is 5.11 Å². The Labute approximate surface area is 114 Å². The second-order valence-corrected chi connectivity index (χ2v) is 10.2. The van der Waals surface area contributed by atoms with E-state index in [4.69, 9.17) is 0 Å². The summed E-state index contributed by atoms with van der Waals surface area (Å²) in [6.07, 6.45) is 12.3. The first-order valence-electron chi connectivity index (χ1n) is 7.61. The van der Waals surface area contributed by atoms with Crippen LogP contribution in [0.5, 0.6) is 0 Å². The Morgan fingerprint density at radius 3 is 1.67 bits per heavy atom. The third kappa shape index (κ3) is 5.69. The molecular weight excluding hydrogens is 243 g/mol. The molecule has 1 rings (SSSR count). The number of carbonyl (C=O) groups excluding carboxylic acids is 1. The molecule has 0 amide bonds. The molecule has 0 saturated heterocycles. The van der Waals surface area contributed by atoms with E-state index in [2.05, 4.69) is 20.8 Å². The van der Waals surface area contributed by atoms with Crippen molar-refractivity contribution >= 4 is 13.2 Å². The Kier molecular flexibility index (Phi) is 9.73. The highest BCUT2D eigenvalue weighted by Gasteiger charge is 2.40. The van der Waals surface area contributed by atoms with E-state index in [0.717, 1.165) is 5.66 Å². The van der Waals surface area contributed by atoms with Crippen LogP contribution in [-0.4, -0.2) is 30.1 Å². The maximum Gasteiger partial charge on any atom is 0.0697 e. The van der Waals surface area contributed by atoms with E-state index in [9.17, 15) is 9.90 Å². The number of carboxylic acids is 1. The summed E-state index contributed by atoms with van der Waals surface area (Å²) in [7, 11) is -0.514. The predicted molar refractivity (Wildman–Crippen MR) is 80.7 cm³/mol. The van der Waals surface area contributed by atoms with Crippen LogP contribution in [0.2, 0.25) is 0 Å². The van der Waals surface area contributed by atoms with Crippen molar-refractivity contribution in [3.05, 3.63) is 0 Å². The Morgan fingerprint density at radius 1 is 1.00 bits per heavy atom. The Morgan fingerprint density at radius 2 is 1.39 bits per heavy atom. The molecule has 1 aliphatic carbocycles. The van der Waals surface area contributed by atoms with Gasteiger partial charge in [0, 0.05) is 13.2 Å². The molecule has 108 valence electrons. The van der Waals surface area contributed by atoms with Crippen LogP contribution in [-0.2, 0) is 4.79 Å². The van der Waals surface area contributed by atoms with Gasteiger partial charge in [-0.2, -0.15) is 0 Å². The number of hydrogen-bond acceptors (Lipinski definition) is 2. The molecule has 0 bridgehead atoms. The first-order chi connectivity index (χ1) is 8.56. The Bertz CT molecular complexity index is 210. The van der Waals surface area contributed by atoms with E-state index in [1.165, 1.54) is 44.7 Å². The lowest BCUT2D eigenvalue weighted by Crippen LogP contribution is -2.22. The fourth-order valence-electron chi connectivity index (χ4n) is 3.07. The van der Waals surface area contributed by atoms with Crippen LogP contribution in [0.1, 0.15) is 66.2 Å². The molecule has 0 heterocycles. The molecule has 0 N–H and O–H groups in total. The highest BCUT2D eigenvalue weighted by Crippen LogP contribution is 2.65. The lowest BCUT2D eigenvalue weighted by molar-refractivity contribution is -0.305. The topological polar surface area (TPSA) is 40.1 Å². The number of carbonyl (C=O) groups is 1. The summed E-state index contributed by atoms with van der Waals surface area (Å²) < 4.78 is 0. The molecule has 0 spiro atoms. The summed E-state index contributed by atoms with van der Waals surface area (Å²) in [6, 6.07) is 0. The predicted octanol–water partition coefficient (Wildman–Crippen LogP) is 3.54. The summed E-state index contributed by atoms with van der Waals surface area (Å²) in [6.45, 7) is 8.86. The third-order valence-electron chi connectivity index (χ3n) is 4.53. The van der Waals surface area contributed by atoms with E-state index in [1.54, 1.807) is 12.8 Å².